The first-order valence-corrected chi connectivity index (χ1v) is 5.14. The van der Waals surface area contributed by atoms with Crippen molar-refractivity contribution in [2.45, 2.75) is 19.8 Å². The number of nitrogens with two attached hydrogens (primary N) is 1. The summed E-state index contributed by atoms with van der Waals surface area (Å²) in [5.74, 6) is 1.99. The zero-order valence-electron chi connectivity index (χ0n) is 8.86. The quantitative estimate of drug-likeness (QED) is 0.775. The number of anilines is 1. The Kier molecular flexibility index (Phi) is 2.77. The standard InChI is InChI=1S/C13H15NO/c1-10-6-8-12(15-10)9-7-11-4-2-3-5-13(11)14/h2-6,8H,7,9,14H2,1H3. The Morgan fingerprint density at radius 1 is 1.07 bits per heavy atom. The van der Waals surface area contributed by atoms with Crippen LogP contribution in [0.5, 0.6) is 0 Å². The summed E-state index contributed by atoms with van der Waals surface area (Å²) >= 11 is 0. The molecule has 2 heteroatoms. The van der Waals surface area contributed by atoms with E-state index >= 15 is 0 Å². The van der Waals surface area contributed by atoms with Gasteiger partial charge in [-0.25, -0.2) is 0 Å². The summed E-state index contributed by atoms with van der Waals surface area (Å²) < 4.78 is 5.50. The Balaban J connectivity index is 2.02. The number of hydrogen-bond acceptors (Lipinski definition) is 2. The van der Waals surface area contributed by atoms with E-state index in [9.17, 15) is 0 Å². The number of aryl methyl sites for hydroxylation is 3. The molecule has 78 valence electrons. The molecular formula is C13H15NO. The summed E-state index contributed by atoms with van der Waals surface area (Å²) in [6, 6.07) is 12.0. The van der Waals surface area contributed by atoms with E-state index in [-0.39, 0.29) is 0 Å². The number of para-hydroxylation sites is 1. The van der Waals surface area contributed by atoms with Gasteiger partial charge in [-0.15, -0.1) is 0 Å². The average molecular weight is 201 g/mol. The second-order valence-electron chi connectivity index (χ2n) is 3.71. The van der Waals surface area contributed by atoms with Gasteiger partial charge in [0.25, 0.3) is 0 Å². The summed E-state index contributed by atoms with van der Waals surface area (Å²) in [6.45, 7) is 1.96. The summed E-state index contributed by atoms with van der Waals surface area (Å²) in [7, 11) is 0. The molecule has 0 radical (unpaired) electrons. The molecule has 0 saturated carbocycles. The minimum absolute atomic E-state index is 0.862. The van der Waals surface area contributed by atoms with Crippen LogP contribution < -0.4 is 5.73 Å². The van der Waals surface area contributed by atoms with Gasteiger partial charge in [-0.2, -0.15) is 0 Å². The van der Waals surface area contributed by atoms with Crippen LogP contribution in [0.1, 0.15) is 17.1 Å². The van der Waals surface area contributed by atoms with Crippen LogP contribution in [0, 0.1) is 6.92 Å². The van der Waals surface area contributed by atoms with Crippen LogP contribution in [0.25, 0.3) is 0 Å². The van der Waals surface area contributed by atoms with Gasteiger partial charge >= 0.3 is 0 Å². The first-order valence-electron chi connectivity index (χ1n) is 5.14. The zero-order valence-corrected chi connectivity index (χ0v) is 8.86. The first kappa shape index (κ1) is 9.84. The Hall–Kier alpha value is -1.70. The number of benzene rings is 1. The fraction of sp³-hybridized carbons (Fsp3) is 0.231. The van der Waals surface area contributed by atoms with E-state index in [1.165, 1.54) is 5.56 Å². The Morgan fingerprint density at radius 2 is 1.87 bits per heavy atom. The smallest absolute Gasteiger partial charge is 0.104 e. The Bertz CT molecular complexity index is 445. The third kappa shape index (κ3) is 2.40. The molecular weight excluding hydrogens is 186 g/mol. The minimum Gasteiger partial charge on any atom is -0.466 e. The van der Waals surface area contributed by atoms with E-state index in [0.29, 0.717) is 0 Å². The van der Waals surface area contributed by atoms with Crippen LogP contribution in [0.15, 0.2) is 40.8 Å². The molecule has 1 aromatic carbocycles. The van der Waals surface area contributed by atoms with Crippen LogP contribution in [0.4, 0.5) is 5.69 Å². The maximum Gasteiger partial charge on any atom is 0.104 e. The molecule has 0 aliphatic heterocycles. The molecule has 0 spiro atoms. The molecule has 0 unspecified atom stereocenters. The predicted molar refractivity (Wildman–Crippen MR) is 61.7 cm³/mol. The maximum atomic E-state index is 5.86. The third-order valence-corrected chi connectivity index (χ3v) is 2.49. The monoisotopic (exact) mass is 201 g/mol. The van der Waals surface area contributed by atoms with Gasteiger partial charge in [0.1, 0.15) is 11.5 Å². The zero-order chi connectivity index (χ0) is 10.7. The van der Waals surface area contributed by atoms with Gasteiger partial charge in [0.15, 0.2) is 0 Å². The number of furan rings is 1. The highest BCUT2D eigenvalue weighted by atomic mass is 16.3. The minimum atomic E-state index is 0.862. The van der Waals surface area contributed by atoms with Crippen molar-refractivity contribution in [2.24, 2.45) is 0 Å². The van der Waals surface area contributed by atoms with Crippen molar-refractivity contribution >= 4 is 5.69 Å². The van der Waals surface area contributed by atoms with Gasteiger partial charge in [-0.05, 0) is 37.1 Å². The van der Waals surface area contributed by atoms with Gasteiger partial charge in [-0.1, -0.05) is 18.2 Å². The van der Waals surface area contributed by atoms with E-state index in [2.05, 4.69) is 6.07 Å². The molecule has 2 N–H and O–H groups in total. The van der Waals surface area contributed by atoms with E-state index in [0.717, 1.165) is 30.0 Å². The number of rotatable bonds is 3. The Morgan fingerprint density at radius 3 is 2.53 bits per heavy atom. The van der Waals surface area contributed by atoms with Gasteiger partial charge in [-0.3, -0.25) is 0 Å². The lowest BCUT2D eigenvalue weighted by Crippen LogP contribution is -1.95. The predicted octanol–water partition coefficient (Wildman–Crippen LogP) is 2.96. The summed E-state index contributed by atoms with van der Waals surface area (Å²) in [5.41, 5.74) is 7.91. The summed E-state index contributed by atoms with van der Waals surface area (Å²) in [4.78, 5) is 0. The number of hydrogen-bond donors (Lipinski definition) is 1. The highest BCUT2D eigenvalue weighted by Crippen LogP contribution is 2.15. The molecule has 0 bridgehead atoms. The van der Waals surface area contributed by atoms with Crippen molar-refractivity contribution in [3.05, 3.63) is 53.5 Å². The number of nitrogen functional groups attached to an aromatic ring is 1. The normalized spacial score (nSPS) is 10.5. The van der Waals surface area contributed by atoms with Crippen molar-refractivity contribution in [2.75, 3.05) is 5.73 Å². The summed E-state index contributed by atoms with van der Waals surface area (Å²) in [5, 5.41) is 0. The van der Waals surface area contributed by atoms with Crippen molar-refractivity contribution in [1.29, 1.82) is 0 Å². The molecule has 15 heavy (non-hydrogen) atoms. The third-order valence-electron chi connectivity index (χ3n) is 2.49. The molecule has 0 fully saturated rings. The maximum absolute atomic E-state index is 5.86. The average Bonchev–Trinajstić information content (AvgIpc) is 2.63. The molecule has 1 aromatic heterocycles. The molecule has 2 nitrogen and oxygen atoms in total. The lowest BCUT2D eigenvalue weighted by molar-refractivity contribution is 0.482. The van der Waals surface area contributed by atoms with Crippen LogP contribution in [-0.2, 0) is 12.8 Å². The second kappa shape index (κ2) is 4.22. The molecule has 0 amide bonds. The van der Waals surface area contributed by atoms with Gasteiger partial charge in [0, 0.05) is 12.1 Å². The fourth-order valence-corrected chi connectivity index (χ4v) is 1.64. The van der Waals surface area contributed by atoms with Gasteiger partial charge in [0.05, 0.1) is 0 Å². The van der Waals surface area contributed by atoms with E-state index in [4.69, 9.17) is 10.2 Å². The lowest BCUT2D eigenvalue weighted by atomic mass is 10.1. The van der Waals surface area contributed by atoms with Crippen LogP contribution >= 0.6 is 0 Å². The lowest BCUT2D eigenvalue weighted by Gasteiger charge is -2.03. The second-order valence-corrected chi connectivity index (χ2v) is 3.71. The van der Waals surface area contributed by atoms with E-state index in [1.54, 1.807) is 0 Å². The molecule has 0 atom stereocenters. The highest BCUT2D eigenvalue weighted by molar-refractivity contribution is 5.46. The summed E-state index contributed by atoms with van der Waals surface area (Å²) in [6.07, 6.45) is 1.84. The molecule has 2 rings (SSSR count). The van der Waals surface area contributed by atoms with Crippen molar-refractivity contribution in [3.8, 4) is 0 Å². The topological polar surface area (TPSA) is 39.2 Å². The SMILES string of the molecule is Cc1ccc(CCc2ccccc2N)o1. The molecule has 0 aliphatic carbocycles. The molecule has 0 saturated heterocycles. The first-order chi connectivity index (χ1) is 7.25. The van der Waals surface area contributed by atoms with Crippen LogP contribution in [0.3, 0.4) is 0 Å². The van der Waals surface area contributed by atoms with Gasteiger partial charge in [0.2, 0.25) is 0 Å². The largest absolute Gasteiger partial charge is 0.466 e. The molecule has 1 heterocycles. The highest BCUT2D eigenvalue weighted by Gasteiger charge is 2.01. The molecule has 0 aliphatic rings. The van der Waals surface area contributed by atoms with Crippen LogP contribution in [0.2, 0.25) is 0 Å². The van der Waals surface area contributed by atoms with Crippen molar-refractivity contribution in [1.82, 2.24) is 0 Å². The van der Waals surface area contributed by atoms with Crippen molar-refractivity contribution < 1.29 is 4.42 Å². The van der Waals surface area contributed by atoms with Crippen LogP contribution in [-0.4, -0.2) is 0 Å². The van der Waals surface area contributed by atoms with E-state index < -0.39 is 0 Å². The van der Waals surface area contributed by atoms with E-state index in [1.807, 2.05) is 37.3 Å². The molecule has 2 aromatic rings. The Labute approximate surface area is 89.7 Å². The fourth-order valence-electron chi connectivity index (χ4n) is 1.64. The van der Waals surface area contributed by atoms with Crippen molar-refractivity contribution in [3.63, 3.8) is 0 Å². The van der Waals surface area contributed by atoms with Gasteiger partial charge < -0.3 is 10.2 Å².